The molecule has 2 fully saturated rings. The molecule has 1 aliphatic carbocycles. The Morgan fingerprint density at radius 2 is 2.11 bits per heavy atom. The summed E-state index contributed by atoms with van der Waals surface area (Å²) in [5.74, 6) is -0.942. The van der Waals surface area contributed by atoms with E-state index in [1.165, 1.54) is 19.2 Å². The maximum atomic E-state index is 13.7. The number of nitrogens with zero attached hydrogens (tertiary/aromatic N) is 1. The van der Waals surface area contributed by atoms with Gasteiger partial charge in [0.2, 0.25) is 11.8 Å². The first-order chi connectivity index (χ1) is 13.4. The molecule has 152 valence electrons. The maximum Gasteiger partial charge on any atom is 0.328 e. The van der Waals surface area contributed by atoms with Gasteiger partial charge in [-0.05, 0) is 30.4 Å². The summed E-state index contributed by atoms with van der Waals surface area (Å²) >= 11 is 6.00. The Morgan fingerprint density at radius 1 is 1.36 bits per heavy atom. The van der Waals surface area contributed by atoms with Crippen molar-refractivity contribution < 1.29 is 23.5 Å². The number of likely N-dealkylation sites (tertiary alicyclic amines) is 1. The predicted octanol–water partition coefficient (Wildman–Crippen LogP) is 2.82. The molecule has 1 saturated carbocycles. The summed E-state index contributed by atoms with van der Waals surface area (Å²) < 4.78 is 18.5. The monoisotopic (exact) mass is 410 g/mol. The third-order valence-corrected chi connectivity index (χ3v) is 5.76. The number of carbonyl (C=O) groups excluding carboxylic acids is 3. The van der Waals surface area contributed by atoms with E-state index in [0.29, 0.717) is 30.7 Å². The second-order valence-corrected chi connectivity index (χ2v) is 7.83. The van der Waals surface area contributed by atoms with E-state index in [1.54, 1.807) is 11.0 Å². The molecule has 1 N–H and O–H groups in total. The SMILES string of the molecule is COC(=O)[C@H](CC1CC1)NC(=O)C[C@@H]1CCC(=O)N1Cc1cccc(F)c1Cl. The molecule has 1 aromatic rings. The third-order valence-electron chi connectivity index (χ3n) is 5.33. The van der Waals surface area contributed by atoms with Gasteiger partial charge in [0.1, 0.15) is 11.9 Å². The largest absolute Gasteiger partial charge is 0.467 e. The average molecular weight is 411 g/mol. The van der Waals surface area contributed by atoms with Crippen LogP contribution in [0.1, 0.15) is 44.1 Å². The summed E-state index contributed by atoms with van der Waals surface area (Å²) in [6, 6.07) is 3.49. The number of nitrogens with one attached hydrogen (secondary N) is 1. The van der Waals surface area contributed by atoms with Gasteiger partial charge in [0.25, 0.3) is 0 Å². The number of esters is 1. The molecule has 1 saturated heterocycles. The van der Waals surface area contributed by atoms with Crippen molar-refractivity contribution in [1.82, 2.24) is 10.2 Å². The molecule has 0 radical (unpaired) electrons. The molecule has 0 spiro atoms. The van der Waals surface area contributed by atoms with Gasteiger partial charge in [0.15, 0.2) is 0 Å². The van der Waals surface area contributed by atoms with Crippen LogP contribution in [-0.2, 0) is 25.7 Å². The Kier molecular flexibility index (Phi) is 6.54. The number of amides is 2. The van der Waals surface area contributed by atoms with Gasteiger partial charge in [0.05, 0.1) is 12.1 Å². The van der Waals surface area contributed by atoms with Gasteiger partial charge in [-0.1, -0.05) is 36.6 Å². The van der Waals surface area contributed by atoms with E-state index in [-0.39, 0.29) is 35.8 Å². The number of methoxy groups -OCH3 is 1. The smallest absolute Gasteiger partial charge is 0.328 e. The summed E-state index contributed by atoms with van der Waals surface area (Å²) in [6.45, 7) is 0.149. The van der Waals surface area contributed by atoms with Crippen LogP contribution in [0.2, 0.25) is 5.02 Å². The minimum absolute atomic E-state index is 0.0133. The fourth-order valence-electron chi connectivity index (χ4n) is 3.59. The molecule has 6 nitrogen and oxygen atoms in total. The zero-order chi connectivity index (χ0) is 20.3. The van der Waals surface area contributed by atoms with Crippen molar-refractivity contribution in [3.8, 4) is 0 Å². The summed E-state index contributed by atoms with van der Waals surface area (Å²) in [5.41, 5.74) is 0.503. The zero-order valence-corrected chi connectivity index (χ0v) is 16.5. The number of halogens is 2. The highest BCUT2D eigenvalue weighted by molar-refractivity contribution is 6.31. The number of ether oxygens (including phenoxy) is 1. The molecule has 2 aliphatic rings. The fourth-order valence-corrected chi connectivity index (χ4v) is 3.77. The van der Waals surface area contributed by atoms with Gasteiger partial charge in [-0.25, -0.2) is 9.18 Å². The van der Waals surface area contributed by atoms with Crippen molar-refractivity contribution in [1.29, 1.82) is 0 Å². The van der Waals surface area contributed by atoms with Crippen LogP contribution in [0.5, 0.6) is 0 Å². The number of hydrogen-bond acceptors (Lipinski definition) is 4. The summed E-state index contributed by atoms with van der Waals surface area (Å²) in [7, 11) is 1.30. The topological polar surface area (TPSA) is 75.7 Å². The first-order valence-electron chi connectivity index (χ1n) is 9.48. The third kappa shape index (κ3) is 5.01. The lowest BCUT2D eigenvalue weighted by molar-refractivity contribution is -0.145. The zero-order valence-electron chi connectivity index (χ0n) is 15.7. The molecule has 1 heterocycles. The van der Waals surface area contributed by atoms with E-state index in [0.717, 1.165) is 12.8 Å². The normalized spacial score (nSPS) is 20.2. The Morgan fingerprint density at radius 3 is 2.79 bits per heavy atom. The minimum atomic E-state index is -0.659. The van der Waals surface area contributed by atoms with Crippen LogP contribution in [0, 0.1) is 11.7 Å². The molecule has 0 aromatic heterocycles. The van der Waals surface area contributed by atoms with E-state index in [4.69, 9.17) is 16.3 Å². The quantitative estimate of drug-likeness (QED) is 0.669. The van der Waals surface area contributed by atoms with Crippen molar-refractivity contribution in [2.24, 2.45) is 5.92 Å². The molecule has 2 amide bonds. The molecular formula is C20H24ClFN2O4. The first kappa shape index (κ1) is 20.6. The standard InChI is InChI=1S/C20H24ClFN2O4/c1-28-20(27)16(9-12-5-6-12)23-17(25)10-14-7-8-18(26)24(14)11-13-3-2-4-15(22)19(13)21/h2-4,12,14,16H,5-11H2,1H3,(H,23,25)/t14-,16-/m0/s1. The van der Waals surface area contributed by atoms with Gasteiger partial charge >= 0.3 is 5.97 Å². The van der Waals surface area contributed by atoms with Crippen LogP contribution in [0.15, 0.2) is 18.2 Å². The number of rotatable bonds is 8. The van der Waals surface area contributed by atoms with Crippen molar-refractivity contribution in [2.45, 2.75) is 57.2 Å². The summed E-state index contributed by atoms with van der Waals surface area (Å²) in [5, 5.41) is 2.73. The Balaban J connectivity index is 1.62. The molecule has 0 unspecified atom stereocenters. The van der Waals surface area contributed by atoms with E-state index in [9.17, 15) is 18.8 Å². The number of hydrogen-bond donors (Lipinski definition) is 1. The number of benzene rings is 1. The lowest BCUT2D eigenvalue weighted by Gasteiger charge is -2.26. The van der Waals surface area contributed by atoms with E-state index in [2.05, 4.69) is 5.32 Å². The van der Waals surface area contributed by atoms with Crippen LogP contribution in [0.3, 0.4) is 0 Å². The Bertz CT molecular complexity index is 769. The van der Waals surface area contributed by atoms with Gasteiger partial charge in [0, 0.05) is 25.4 Å². The van der Waals surface area contributed by atoms with E-state index in [1.807, 2.05) is 0 Å². The van der Waals surface area contributed by atoms with Crippen LogP contribution < -0.4 is 5.32 Å². The Hall–Kier alpha value is -2.15. The lowest BCUT2D eigenvalue weighted by Crippen LogP contribution is -2.44. The molecule has 1 aromatic carbocycles. The summed E-state index contributed by atoms with van der Waals surface area (Å²) in [6.07, 6.45) is 3.63. The first-order valence-corrected chi connectivity index (χ1v) is 9.86. The summed E-state index contributed by atoms with van der Waals surface area (Å²) in [4.78, 5) is 38.3. The molecule has 0 bridgehead atoms. The number of carbonyl (C=O) groups is 3. The van der Waals surface area contributed by atoms with Crippen LogP contribution >= 0.6 is 11.6 Å². The highest BCUT2D eigenvalue weighted by atomic mass is 35.5. The van der Waals surface area contributed by atoms with Crippen molar-refractivity contribution in [2.75, 3.05) is 7.11 Å². The molecule has 1 aliphatic heterocycles. The van der Waals surface area contributed by atoms with Gasteiger partial charge in [-0.3, -0.25) is 9.59 Å². The molecule has 28 heavy (non-hydrogen) atoms. The second-order valence-electron chi connectivity index (χ2n) is 7.45. The fraction of sp³-hybridized carbons (Fsp3) is 0.550. The average Bonchev–Trinajstić information content (AvgIpc) is 3.43. The molecule has 8 heteroatoms. The second kappa shape index (κ2) is 8.90. The van der Waals surface area contributed by atoms with Crippen LogP contribution in [0.4, 0.5) is 4.39 Å². The molecular weight excluding hydrogens is 387 g/mol. The van der Waals surface area contributed by atoms with Gasteiger partial charge in [-0.15, -0.1) is 0 Å². The highest BCUT2D eigenvalue weighted by Gasteiger charge is 2.35. The van der Waals surface area contributed by atoms with E-state index < -0.39 is 17.8 Å². The molecule has 2 atom stereocenters. The van der Waals surface area contributed by atoms with Crippen molar-refractivity contribution >= 4 is 29.4 Å². The lowest BCUT2D eigenvalue weighted by atomic mass is 10.1. The Labute approximate surface area is 168 Å². The van der Waals surface area contributed by atoms with Gasteiger partial charge in [-0.2, -0.15) is 0 Å². The maximum absolute atomic E-state index is 13.7. The van der Waals surface area contributed by atoms with Crippen molar-refractivity contribution in [3.63, 3.8) is 0 Å². The van der Waals surface area contributed by atoms with Crippen LogP contribution in [-0.4, -0.2) is 41.9 Å². The van der Waals surface area contributed by atoms with Crippen molar-refractivity contribution in [3.05, 3.63) is 34.6 Å². The minimum Gasteiger partial charge on any atom is -0.467 e. The highest BCUT2D eigenvalue weighted by Crippen LogP contribution is 2.34. The van der Waals surface area contributed by atoms with E-state index >= 15 is 0 Å². The molecule has 3 rings (SSSR count). The van der Waals surface area contributed by atoms with Crippen LogP contribution in [0.25, 0.3) is 0 Å². The van der Waals surface area contributed by atoms with Gasteiger partial charge < -0.3 is 15.0 Å². The predicted molar refractivity (Wildman–Crippen MR) is 101 cm³/mol.